The zero-order valence-electron chi connectivity index (χ0n) is 11.4. The fourth-order valence-corrected chi connectivity index (χ4v) is 2.57. The Balaban J connectivity index is 2.96. The van der Waals surface area contributed by atoms with E-state index in [-0.39, 0.29) is 6.54 Å². The number of nitrogens with zero attached hydrogens (tertiary/aromatic N) is 2. The van der Waals surface area contributed by atoms with Crippen molar-refractivity contribution in [1.82, 2.24) is 9.80 Å². The maximum absolute atomic E-state index is 12.4. The number of likely N-dealkylation sites (N-methyl/N-ethyl adjacent to an activating group) is 1. The number of amides is 3. The SMILES string of the molecule is CCN(CC(N)=O)C(=O)N1CCCC1(CC)C(=O)O. The summed E-state index contributed by atoms with van der Waals surface area (Å²) in [6.07, 6.45) is 1.45. The Morgan fingerprint density at radius 1 is 1.37 bits per heavy atom. The van der Waals surface area contributed by atoms with Crippen molar-refractivity contribution in [3.05, 3.63) is 0 Å². The van der Waals surface area contributed by atoms with Crippen LogP contribution in [0.25, 0.3) is 0 Å². The van der Waals surface area contributed by atoms with E-state index in [0.717, 1.165) is 0 Å². The zero-order chi connectivity index (χ0) is 14.6. The Bertz CT molecular complexity index is 385. The van der Waals surface area contributed by atoms with Gasteiger partial charge in [0.05, 0.1) is 0 Å². The third-order valence-corrected chi connectivity index (χ3v) is 3.70. The number of carbonyl (C=O) groups is 3. The van der Waals surface area contributed by atoms with Gasteiger partial charge >= 0.3 is 12.0 Å². The number of likely N-dealkylation sites (tertiary alicyclic amines) is 1. The molecule has 1 unspecified atom stereocenters. The van der Waals surface area contributed by atoms with Crippen molar-refractivity contribution in [2.24, 2.45) is 5.73 Å². The molecular weight excluding hydrogens is 250 g/mol. The molecule has 0 saturated carbocycles. The molecule has 1 aliphatic heterocycles. The second kappa shape index (κ2) is 5.90. The van der Waals surface area contributed by atoms with Crippen molar-refractivity contribution in [1.29, 1.82) is 0 Å². The molecule has 1 saturated heterocycles. The smallest absolute Gasteiger partial charge is 0.329 e. The van der Waals surface area contributed by atoms with E-state index >= 15 is 0 Å². The fourth-order valence-electron chi connectivity index (χ4n) is 2.57. The predicted octanol–water partition coefficient (Wildman–Crippen LogP) is 0.243. The van der Waals surface area contributed by atoms with Crippen molar-refractivity contribution >= 4 is 17.9 Å². The minimum atomic E-state index is -1.15. The second-order valence-electron chi connectivity index (χ2n) is 4.71. The average molecular weight is 271 g/mol. The molecule has 7 nitrogen and oxygen atoms in total. The molecular formula is C12H21N3O4. The lowest BCUT2D eigenvalue weighted by Gasteiger charge is -2.37. The molecule has 0 spiro atoms. The number of rotatable bonds is 5. The molecule has 0 aromatic carbocycles. The lowest BCUT2D eigenvalue weighted by molar-refractivity contribution is -0.148. The largest absolute Gasteiger partial charge is 0.479 e. The van der Waals surface area contributed by atoms with Crippen LogP contribution in [0.5, 0.6) is 0 Å². The second-order valence-corrected chi connectivity index (χ2v) is 4.71. The van der Waals surface area contributed by atoms with Crippen LogP contribution in [0.2, 0.25) is 0 Å². The number of carbonyl (C=O) groups excluding carboxylic acids is 2. The van der Waals surface area contributed by atoms with Crippen molar-refractivity contribution in [3.8, 4) is 0 Å². The molecule has 3 N–H and O–H groups in total. The maximum atomic E-state index is 12.4. The molecule has 1 rings (SSSR count). The van der Waals surface area contributed by atoms with E-state index < -0.39 is 23.4 Å². The Hall–Kier alpha value is -1.79. The van der Waals surface area contributed by atoms with Crippen LogP contribution in [0.4, 0.5) is 4.79 Å². The summed E-state index contributed by atoms with van der Waals surface area (Å²) in [5, 5.41) is 9.42. The molecule has 0 bridgehead atoms. The summed E-state index contributed by atoms with van der Waals surface area (Å²) in [6.45, 7) is 4.01. The summed E-state index contributed by atoms with van der Waals surface area (Å²) in [6, 6.07) is -0.428. The van der Waals surface area contributed by atoms with Gasteiger partial charge in [0.25, 0.3) is 0 Å². The molecule has 0 aliphatic carbocycles. The number of primary amides is 1. The van der Waals surface area contributed by atoms with Gasteiger partial charge in [-0.3, -0.25) is 4.79 Å². The van der Waals surface area contributed by atoms with E-state index in [4.69, 9.17) is 5.73 Å². The zero-order valence-corrected chi connectivity index (χ0v) is 11.4. The van der Waals surface area contributed by atoms with Crippen LogP contribution in [0.3, 0.4) is 0 Å². The quantitative estimate of drug-likeness (QED) is 0.747. The highest BCUT2D eigenvalue weighted by molar-refractivity contribution is 5.89. The van der Waals surface area contributed by atoms with Gasteiger partial charge in [0, 0.05) is 13.1 Å². The molecule has 1 aliphatic rings. The monoisotopic (exact) mass is 271 g/mol. The lowest BCUT2D eigenvalue weighted by Crippen LogP contribution is -2.57. The highest BCUT2D eigenvalue weighted by atomic mass is 16.4. The van der Waals surface area contributed by atoms with E-state index in [0.29, 0.717) is 32.4 Å². The molecule has 1 heterocycles. The summed E-state index contributed by atoms with van der Waals surface area (Å²) < 4.78 is 0. The van der Waals surface area contributed by atoms with Gasteiger partial charge in [-0.15, -0.1) is 0 Å². The van der Waals surface area contributed by atoms with Gasteiger partial charge in [-0.05, 0) is 26.2 Å². The first-order valence-electron chi connectivity index (χ1n) is 6.47. The summed E-state index contributed by atoms with van der Waals surface area (Å²) in [5.41, 5.74) is 3.95. The standard InChI is InChI=1S/C12H21N3O4/c1-3-12(10(17)18)6-5-7-15(12)11(19)14(4-2)8-9(13)16/h3-8H2,1-2H3,(H2,13,16)(H,17,18). The number of hydrogen-bond donors (Lipinski definition) is 2. The van der Waals surface area contributed by atoms with Crippen LogP contribution in [0, 0.1) is 0 Å². The fraction of sp³-hybridized carbons (Fsp3) is 0.750. The third-order valence-electron chi connectivity index (χ3n) is 3.70. The van der Waals surface area contributed by atoms with Crippen molar-refractivity contribution < 1.29 is 19.5 Å². The van der Waals surface area contributed by atoms with E-state index in [1.54, 1.807) is 13.8 Å². The highest BCUT2D eigenvalue weighted by Gasteiger charge is 2.49. The Morgan fingerprint density at radius 2 is 2.00 bits per heavy atom. The number of carboxylic acids is 1. The van der Waals surface area contributed by atoms with Crippen LogP contribution in [0.1, 0.15) is 33.1 Å². The molecule has 0 aromatic heterocycles. The summed E-state index contributed by atoms with van der Waals surface area (Å²) in [5.74, 6) is -1.59. The van der Waals surface area contributed by atoms with Crippen molar-refractivity contribution in [2.75, 3.05) is 19.6 Å². The average Bonchev–Trinajstić information content (AvgIpc) is 2.79. The number of hydrogen-bond acceptors (Lipinski definition) is 3. The van der Waals surface area contributed by atoms with Crippen LogP contribution in [-0.2, 0) is 9.59 Å². The molecule has 0 radical (unpaired) electrons. The summed E-state index contributed by atoms with van der Waals surface area (Å²) >= 11 is 0. The summed E-state index contributed by atoms with van der Waals surface area (Å²) in [4.78, 5) is 37.5. The van der Waals surface area contributed by atoms with Crippen LogP contribution < -0.4 is 5.73 Å². The first kappa shape index (κ1) is 15.3. The first-order chi connectivity index (χ1) is 8.89. The highest BCUT2D eigenvalue weighted by Crippen LogP contribution is 2.33. The lowest BCUT2D eigenvalue weighted by atomic mass is 9.93. The Kier molecular flexibility index (Phi) is 4.74. The predicted molar refractivity (Wildman–Crippen MR) is 68.4 cm³/mol. The van der Waals surface area contributed by atoms with E-state index in [1.807, 2.05) is 0 Å². The number of carboxylic acid groups (broad SMARTS) is 1. The van der Waals surface area contributed by atoms with Crippen LogP contribution in [-0.4, -0.2) is 58.0 Å². The number of nitrogens with two attached hydrogens (primary N) is 1. The number of urea groups is 1. The van der Waals surface area contributed by atoms with Gasteiger partial charge in [-0.2, -0.15) is 0 Å². The topological polar surface area (TPSA) is 104 Å². The van der Waals surface area contributed by atoms with E-state index in [1.165, 1.54) is 9.80 Å². The molecule has 3 amide bonds. The van der Waals surface area contributed by atoms with Gasteiger partial charge in [0.1, 0.15) is 12.1 Å². The van der Waals surface area contributed by atoms with E-state index in [2.05, 4.69) is 0 Å². The van der Waals surface area contributed by atoms with Gasteiger partial charge in [0.2, 0.25) is 5.91 Å². The molecule has 19 heavy (non-hydrogen) atoms. The Morgan fingerprint density at radius 3 is 2.42 bits per heavy atom. The number of aliphatic carboxylic acids is 1. The van der Waals surface area contributed by atoms with Gasteiger partial charge in [-0.1, -0.05) is 6.92 Å². The minimum absolute atomic E-state index is 0.189. The minimum Gasteiger partial charge on any atom is -0.479 e. The van der Waals surface area contributed by atoms with Crippen LogP contribution in [0.15, 0.2) is 0 Å². The molecule has 1 atom stereocenters. The molecule has 7 heteroatoms. The first-order valence-corrected chi connectivity index (χ1v) is 6.47. The molecule has 108 valence electrons. The molecule has 1 fully saturated rings. The van der Waals surface area contributed by atoms with Gasteiger partial charge < -0.3 is 20.6 Å². The van der Waals surface area contributed by atoms with E-state index in [9.17, 15) is 19.5 Å². The van der Waals surface area contributed by atoms with Crippen molar-refractivity contribution in [3.63, 3.8) is 0 Å². The normalized spacial score (nSPS) is 22.3. The maximum Gasteiger partial charge on any atom is 0.329 e. The van der Waals surface area contributed by atoms with Gasteiger partial charge in [-0.25, -0.2) is 9.59 Å². The molecule has 0 aromatic rings. The Labute approximate surface area is 112 Å². The van der Waals surface area contributed by atoms with Crippen molar-refractivity contribution in [2.45, 2.75) is 38.6 Å². The van der Waals surface area contributed by atoms with Crippen LogP contribution >= 0.6 is 0 Å². The summed E-state index contributed by atoms with van der Waals surface area (Å²) in [7, 11) is 0. The third kappa shape index (κ3) is 2.80. The van der Waals surface area contributed by atoms with Gasteiger partial charge in [0.15, 0.2) is 0 Å².